The van der Waals surface area contributed by atoms with Gasteiger partial charge in [0, 0.05) is 51.7 Å². The van der Waals surface area contributed by atoms with Crippen molar-refractivity contribution in [3.05, 3.63) is 59.3 Å². The molecular formula is C48H68O15. The van der Waals surface area contributed by atoms with Crippen LogP contribution in [0.2, 0.25) is 0 Å². The smallest absolute Gasteiger partial charge is 0.338 e. The van der Waals surface area contributed by atoms with Crippen molar-refractivity contribution in [3.63, 3.8) is 0 Å². The predicted molar refractivity (Wildman–Crippen MR) is 226 cm³/mol. The zero-order valence-electron chi connectivity index (χ0n) is 38.3. The van der Waals surface area contributed by atoms with Gasteiger partial charge in [0.15, 0.2) is 30.1 Å². The van der Waals surface area contributed by atoms with Gasteiger partial charge in [0.05, 0.1) is 48.3 Å². The Morgan fingerprint density at radius 2 is 1.57 bits per heavy atom. The molecule has 0 radical (unpaired) electrons. The third-order valence-electron chi connectivity index (χ3n) is 14.2. The van der Waals surface area contributed by atoms with Gasteiger partial charge in [0.25, 0.3) is 0 Å². The van der Waals surface area contributed by atoms with Crippen molar-refractivity contribution in [2.24, 2.45) is 23.7 Å². The summed E-state index contributed by atoms with van der Waals surface area (Å²) in [6, 6.07) is 0. The number of hydrogen-bond acceptors (Lipinski definition) is 15. The molecule has 15 heteroatoms. The van der Waals surface area contributed by atoms with E-state index in [9.17, 15) is 24.6 Å². The predicted octanol–water partition coefficient (Wildman–Crippen LogP) is 5.11. The number of carbonyl (C=O) groups excluding carboxylic acids is 3. The van der Waals surface area contributed by atoms with Gasteiger partial charge in [0.2, 0.25) is 5.78 Å². The van der Waals surface area contributed by atoms with Gasteiger partial charge in [0.1, 0.15) is 24.2 Å². The van der Waals surface area contributed by atoms with Crippen molar-refractivity contribution in [1.29, 1.82) is 0 Å². The summed E-state index contributed by atoms with van der Waals surface area (Å²) in [6.07, 6.45) is 6.89. The Morgan fingerprint density at radius 3 is 2.29 bits per heavy atom. The van der Waals surface area contributed by atoms with Crippen molar-refractivity contribution in [1.82, 2.24) is 0 Å². The molecule has 2 N–H and O–H groups in total. The fraction of sp³-hybridized carbons (Fsp3) is 0.729. The van der Waals surface area contributed by atoms with Crippen molar-refractivity contribution in [3.8, 4) is 0 Å². The summed E-state index contributed by atoms with van der Waals surface area (Å²) in [5, 5.41) is 22.9. The molecule has 6 heterocycles. The van der Waals surface area contributed by atoms with E-state index in [-0.39, 0.29) is 41.4 Å². The first-order chi connectivity index (χ1) is 29.9. The van der Waals surface area contributed by atoms with Crippen LogP contribution in [0.15, 0.2) is 59.3 Å². The quantitative estimate of drug-likeness (QED) is 0.242. The molecule has 1 spiro atoms. The summed E-state index contributed by atoms with van der Waals surface area (Å²) < 4.78 is 62.8. The number of allylic oxidation sites excluding steroid dienone is 2. The van der Waals surface area contributed by atoms with Gasteiger partial charge < -0.3 is 57.6 Å². The molecule has 6 aliphatic heterocycles. The standard InChI is InChI=1S/C48H68O15/c1-11-24(2)42-27(5)17-18-47(63-42)23-32-20-31(62-47)16-15-26(4)41(59-38-22-36(55-10)43(30(8)57-38)60-37-21-35(54-9)40(50)29(7)56-37)25(3)13-12-14-33-45(51)61-44-39(49)28(6)19-34(46(52)58-32)48(33,44)53/h12-15,17-19,24-25,27,29-32,34-38,40-44,50,53H,11,16,20-23H2,1-10H3/b13-12+,26-15+,33-14+/t24-,25-,27-,29-,30-,31+,32-,34-,35-,36-,37-,38-,40-,41-,42+,43-,44+,47+,48+/m0/s1. The van der Waals surface area contributed by atoms with E-state index >= 15 is 0 Å². The Labute approximate surface area is 371 Å². The fourth-order valence-corrected chi connectivity index (χ4v) is 10.3. The van der Waals surface area contributed by atoms with Crippen molar-refractivity contribution < 1.29 is 72.0 Å². The average Bonchev–Trinajstić information content (AvgIpc) is 3.51. The molecule has 0 aromatic rings. The minimum Gasteiger partial charge on any atom is -0.462 e. The number of ether oxygens (including phenoxy) is 10. The van der Waals surface area contributed by atoms with Gasteiger partial charge >= 0.3 is 11.9 Å². The molecule has 0 aromatic carbocycles. The number of ketones is 1. The lowest BCUT2D eigenvalue weighted by Gasteiger charge is -2.48. The maximum atomic E-state index is 14.3. The van der Waals surface area contributed by atoms with E-state index in [0.29, 0.717) is 25.7 Å². The monoisotopic (exact) mass is 884 g/mol. The number of esters is 2. The summed E-state index contributed by atoms with van der Waals surface area (Å²) in [5.41, 5.74) is -1.47. The van der Waals surface area contributed by atoms with E-state index in [0.717, 1.165) is 12.0 Å². The van der Waals surface area contributed by atoms with Gasteiger partial charge in [-0.25, -0.2) is 4.79 Å². The highest BCUT2D eigenvalue weighted by molar-refractivity contribution is 6.09. The zero-order chi connectivity index (χ0) is 45.5. The zero-order valence-corrected chi connectivity index (χ0v) is 38.3. The van der Waals surface area contributed by atoms with E-state index in [2.05, 4.69) is 32.9 Å². The van der Waals surface area contributed by atoms with Crippen LogP contribution >= 0.6 is 0 Å². The summed E-state index contributed by atoms with van der Waals surface area (Å²) >= 11 is 0. The number of hydrogen-bond donors (Lipinski definition) is 2. The van der Waals surface area contributed by atoms with Crippen LogP contribution in [0.25, 0.3) is 0 Å². The molecule has 0 amide bonds. The lowest BCUT2D eigenvalue weighted by atomic mass is 9.71. The Morgan fingerprint density at radius 1 is 0.873 bits per heavy atom. The first kappa shape index (κ1) is 47.9. The normalized spacial score (nSPS) is 47.3. The summed E-state index contributed by atoms with van der Waals surface area (Å²) in [5.74, 6) is -4.84. The van der Waals surface area contributed by atoms with E-state index in [4.69, 9.17) is 47.4 Å². The van der Waals surface area contributed by atoms with E-state index in [1.54, 1.807) is 27.2 Å². The first-order valence-corrected chi connectivity index (χ1v) is 22.7. The summed E-state index contributed by atoms with van der Waals surface area (Å²) in [6.45, 7) is 15.5. The minimum atomic E-state index is -2.31. The van der Waals surface area contributed by atoms with Crippen LogP contribution in [0.3, 0.4) is 0 Å². The number of methoxy groups -OCH3 is 2. The van der Waals surface area contributed by atoms with E-state index in [1.165, 1.54) is 19.1 Å². The number of fused-ring (bicyclic) bond motifs is 2. The van der Waals surface area contributed by atoms with Crippen LogP contribution in [-0.2, 0) is 61.8 Å². The number of rotatable bonds is 8. The lowest BCUT2D eigenvalue weighted by Crippen LogP contribution is -2.57. The molecule has 0 aromatic heterocycles. The van der Waals surface area contributed by atoms with E-state index < -0.39 is 109 Å². The molecule has 0 saturated carbocycles. The van der Waals surface area contributed by atoms with Gasteiger partial charge in [-0.2, -0.15) is 0 Å². The van der Waals surface area contributed by atoms with Crippen molar-refractivity contribution in [2.45, 2.75) is 185 Å². The fourth-order valence-electron chi connectivity index (χ4n) is 10.3. The number of aliphatic hydroxyl groups is 2. The molecule has 1 aliphatic carbocycles. The van der Waals surface area contributed by atoms with Crippen molar-refractivity contribution >= 4 is 17.7 Å². The molecule has 7 aliphatic rings. The molecule has 2 bridgehead atoms. The second-order valence-electron chi connectivity index (χ2n) is 18.8. The van der Waals surface area contributed by atoms with Crippen LogP contribution < -0.4 is 0 Å². The first-order valence-electron chi connectivity index (χ1n) is 22.7. The maximum absolute atomic E-state index is 14.3. The second-order valence-corrected chi connectivity index (χ2v) is 18.8. The summed E-state index contributed by atoms with van der Waals surface area (Å²) in [4.78, 5) is 41.2. The Kier molecular flexibility index (Phi) is 14.7. The molecule has 350 valence electrons. The highest BCUT2D eigenvalue weighted by atomic mass is 16.7. The largest absolute Gasteiger partial charge is 0.462 e. The molecule has 19 atom stereocenters. The van der Waals surface area contributed by atoms with Crippen LogP contribution in [0.5, 0.6) is 0 Å². The van der Waals surface area contributed by atoms with Crippen LogP contribution in [0.4, 0.5) is 0 Å². The van der Waals surface area contributed by atoms with Crippen LogP contribution in [-0.4, -0.2) is 133 Å². The van der Waals surface area contributed by atoms with Crippen molar-refractivity contribution in [2.75, 3.05) is 14.2 Å². The highest BCUT2D eigenvalue weighted by Gasteiger charge is 2.64. The van der Waals surface area contributed by atoms with E-state index in [1.807, 2.05) is 32.9 Å². The molecule has 4 saturated heterocycles. The third kappa shape index (κ3) is 9.61. The summed E-state index contributed by atoms with van der Waals surface area (Å²) in [7, 11) is 3.17. The third-order valence-corrected chi connectivity index (χ3v) is 14.2. The highest BCUT2D eigenvalue weighted by Crippen LogP contribution is 2.46. The topological polar surface area (TPSA) is 184 Å². The van der Waals surface area contributed by atoms with Gasteiger partial charge in [-0.1, -0.05) is 64.5 Å². The maximum Gasteiger partial charge on any atom is 0.338 e. The van der Waals surface area contributed by atoms with Crippen LogP contribution in [0.1, 0.15) is 93.9 Å². The minimum absolute atomic E-state index is 0.130. The van der Waals surface area contributed by atoms with Crippen LogP contribution in [0, 0.1) is 23.7 Å². The van der Waals surface area contributed by atoms with Gasteiger partial charge in [-0.3, -0.25) is 9.59 Å². The lowest BCUT2D eigenvalue weighted by molar-refractivity contribution is -0.318. The molecule has 0 unspecified atom stereocenters. The second kappa shape index (κ2) is 19.4. The molecule has 4 fully saturated rings. The number of Topliss-reactive ketones (excluding diaryl/α,β-unsaturated/α-hetero) is 1. The van der Waals surface area contributed by atoms with Gasteiger partial charge in [-0.15, -0.1) is 0 Å². The molecule has 7 rings (SSSR count). The molecular weight excluding hydrogens is 817 g/mol. The molecule has 63 heavy (non-hydrogen) atoms. The number of carbonyl (C=O) groups is 3. The molecule has 15 nitrogen and oxygen atoms in total. The average molecular weight is 885 g/mol. The Hall–Kier alpha value is -3.09. The van der Waals surface area contributed by atoms with Gasteiger partial charge in [-0.05, 0) is 63.3 Å². The SMILES string of the molecule is CC[C@H](C)[C@H]1O[C@]2(C=C[C@@H]1C)C[C@@H]1C[C@@H](C/C=C(\C)[C@@H](O[C@H]3C[C@H](OC)[C@@H](O[C@H]4C[C@H](OC)[C@@H](O)[C@H](C)O4)[C@H](C)O3)[C@@H](C)/C=C/C=C3\C(=O)O[C@@H]4C(=O)C(C)=C[C@@H](C(=O)O1)[C@]34O)O2. The number of aliphatic hydroxyl groups excluding tert-OH is 1. The Bertz CT molecular complexity index is 1850. The Balaban J connectivity index is 1.20.